The molecule has 1 aromatic carbocycles. The van der Waals surface area contributed by atoms with Gasteiger partial charge in [-0.25, -0.2) is 14.0 Å². The lowest BCUT2D eigenvalue weighted by Crippen LogP contribution is -2.42. The zero-order valence-electron chi connectivity index (χ0n) is 10.3. The fraction of sp³-hybridized carbons (Fsp3) is 0.357. The summed E-state index contributed by atoms with van der Waals surface area (Å²) in [6, 6.07) is 9.26. The van der Waals surface area contributed by atoms with Gasteiger partial charge >= 0.3 is 6.09 Å². The van der Waals surface area contributed by atoms with E-state index in [9.17, 15) is 14.0 Å². The second-order valence-electron chi connectivity index (χ2n) is 4.33. The van der Waals surface area contributed by atoms with Crippen molar-refractivity contribution in [2.75, 3.05) is 13.1 Å². The van der Waals surface area contributed by atoms with Gasteiger partial charge in [0.15, 0.2) is 0 Å². The Bertz CT molecular complexity index is 497. The summed E-state index contributed by atoms with van der Waals surface area (Å²) in [5.74, 6) is 1.58. The molecule has 0 saturated carbocycles. The lowest BCUT2D eigenvalue weighted by molar-refractivity contribution is 0.0824. The van der Waals surface area contributed by atoms with Crippen LogP contribution in [0, 0.1) is 0 Å². The van der Waals surface area contributed by atoms with Crippen LogP contribution in [0.25, 0.3) is 0 Å². The van der Waals surface area contributed by atoms with E-state index in [1.54, 1.807) is 5.94 Å². The van der Waals surface area contributed by atoms with Gasteiger partial charge in [0.05, 0.1) is 12.1 Å². The minimum absolute atomic E-state index is 0.0899. The molecule has 0 spiro atoms. The van der Waals surface area contributed by atoms with Crippen LogP contribution in [0.2, 0.25) is 0 Å². The summed E-state index contributed by atoms with van der Waals surface area (Å²) < 4.78 is 18.6. The molecule has 1 aliphatic heterocycles. The molecular weight excluding hydrogens is 249 g/mol. The number of carbonyl (C=O) groups excluding carboxylic acids is 2. The van der Waals surface area contributed by atoms with Gasteiger partial charge in [-0.1, -0.05) is 30.3 Å². The molecule has 2 rings (SSSR count). The summed E-state index contributed by atoms with van der Waals surface area (Å²) in [6.45, 7) is 0.306. The van der Waals surface area contributed by atoms with E-state index >= 15 is 0 Å². The van der Waals surface area contributed by atoms with Crippen LogP contribution in [-0.2, 0) is 16.1 Å². The maximum atomic E-state index is 13.5. The SMILES string of the molecule is O=C=C1CCN(C(=O)OCc2ccccc2)C[C@@H]1F. The number of nitrogens with zero attached hydrogens (tertiary/aromatic N) is 1. The van der Waals surface area contributed by atoms with Crippen molar-refractivity contribution in [3.8, 4) is 0 Å². The average molecular weight is 263 g/mol. The van der Waals surface area contributed by atoms with Crippen molar-refractivity contribution in [1.82, 2.24) is 4.90 Å². The number of alkyl halides is 1. The van der Waals surface area contributed by atoms with Crippen molar-refractivity contribution in [1.29, 1.82) is 0 Å². The number of ether oxygens (including phenoxy) is 1. The Kier molecular flexibility index (Phi) is 4.31. The Labute approximate surface area is 110 Å². The predicted octanol–water partition coefficient (Wildman–Crippen LogP) is 2.12. The van der Waals surface area contributed by atoms with Crippen molar-refractivity contribution < 1.29 is 18.7 Å². The van der Waals surface area contributed by atoms with Gasteiger partial charge in [-0.15, -0.1) is 0 Å². The van der Waals surface area contributed by atoms with E-state index in [-0.39, 0.29) is 25.1 Å². The maximum absolute atomic E-state index is 13.5. The Morgan fingerprint density at radius 2 is 2.16 bits per heavy atom. The molecule has 1 saturated heterocycles. The molecule has 0 unspecified atom stereocenters. The van der Waals surface area contributed by atoms with E-state index in [1.165, 1.54) is 4.90 Å². The molecular formula is C14H14FNO3. The van der Waals surface area contributed by atoms with Crippen molar-refractivity contribution in [2.24, 2.45) is 0 Å². The Morgan fingerprint density at radius 3 is 2.79 bits per heavy atom. The standard InChI is InChI=1S/C14H14FNO3/c15-13-8-16(7-6-12(13)9-17)14(18)19-10-11-4-2-1-3-5-11/h1-5,13H,6-8,10H2/t13-/m0/s1. The predicted molar refractivity (Wildman–Crippen MR) is 66.9 cm³/mol. The van der Waals surface area contributed by atoms with Crippen LogP contribution < -0.4 is 0 Å². The molecule has 5 heteroatoms. The highest BCUT2D eigenvalue weighted by Crippen LogP contribution is 2.18. The van der Waals surface area contributed by atoms with Gasteiger partial charge in [-0.3, -0.25) is 0 Å². The summed E-state index contributed by atoms with van der Waals surface area (Å²) >= 11 is 0. The van der Waals surface area contributed by atoms with Gasteiger partial charge in [0, 0.05) is 6.54 Å². The molecule has 0 radical (unpaired) electrons. The quantitative estimate of drug-likeness (QED) is 0.768. The molecule has 1 aliphatic rings. The van der Waals surface area contributed by atoms with Gasteiger partial charge in [0.2, 0.25) is 0 Å². The fourth-order valence-electron chi connectivity index (χ4n) is 1.90. The van der Waals surface area contributed by atoms with Crippen LogP contribution in [0.1, 0.15) is 12.0 Å². The third-order valence-corrected chi connectivity index (χ3v) is 3.00. The molecule has 4 nitrogen and oxygen atoms in total. The summed E-state index contributed by atoms with van der Waals surface area (Å²) in [7, 11) is 0. The van der Waals surface area contributed by atoms with Crippen molar-refractivity contribution in [2.45, 2.75) is 19.2 Å². The van der Waals surface area contributed by atoms with Crippen molar-refractivity contribution in [3.63, 3.8) is 0 Å². The minimum Gasteiger partial charge on any atom is -0.445 e. The first kappa shape index (κ1) is 13.3. The second kappa shape index (κ2) is 6.16. The largest absolute Gasteiger partial charge is 0.445 e. The first-order valence-electron chi connectivity index (χ1n) is 6.04. The monoisotopic (exact) mass is 263 g/mol. The van der Waals surface area contributed by atoms with Crippen LogP contribution in [-0.4, -0.2) is 36.2 Å². The normalized spacial score (nSPS) is 18.9. The third-order valence-electron chi connectivity index (χ3n) is 3.00. The number of hydrogen-bond acceptors (Lipinski definition) is 3. The summed E-state index contributed by atoms with van der Waals surface area (Å²) in [6.07, 6.45) is -1.78. The zero-order valence-corrected chi connectivity index (χ0v) is 10.3. The van der Waals surface area contributed by atoms with Crippen molar-refractivity contribution in [3.05, 3.63) is 41.5 Å². The van der Waals surface area contributed by atoms with Crippen LogP contribution in [0.3, 0.4) is 0 Å². The van der Waals surface area contributed by atoms with Crippen LogP contribution in [0.4, 0.5) is 9.18 Å². The molecule has 100 valence electrons. The number of halogens is 1. The Hall–Kier alpha value is -2.13. The Morgan fingerprint density at radius 1 is 1.42 bits per heavy atom. The van der Waals surface area contributed by atoms with E-state index < -0.39 is 12.3 Å². The van der Waals surface area contributed by atoms with E-state index in [0.717, 1.165) is 5.56 Å². The molecule has 1 amide bonds. The van der Waals surface area contributed by atoms with Gasteiger partial charge in [-0.05, 0) is 12.0 Å². The topological polar surface area (TPSA) is 46.6 Å². The highest BCUT2D eigenvalue weighted by atomic mass is 19.1. The van der Waals surface area contributed by atoms with Gasteiger partial charge in [0.25, 0.3) is 0 Å². The molecule has 0 bridgehead atoms. The first-order valence-corrected chi connectivity index (χ1v) is 6.04. The molecule has 0 aromatic heterocycles. The van der Waals surface area contributed by atoms with E-state index in [4.69, 9.17) is 4.74 Å². The van der Waals surface area contributed by atoms with Crippen LogP contribution in [0.5, 0.6) is 0 Å². The summed E-state index contributed by atoms with van der Waals surface area (Å²) in [5, 5.41) is 0. The number of carbonyl (C=O) groups is 1. The van der Waals surface area contributed by atoms with E-state index in [1.807, 2.05) is 30.3 Å². The number of likely N-dealkylation sites (tertiary alicyclic amines) is 1. The van der Waals surface area contributed by atoms with E-state index in [0.29, 0.717) is 6.54 Å². The van der Waals surface area contributed by atoms with Gasteiger partial charge in [0.1, 0.15) is 18.7 Å². The number of piperidine rings is 1. The van der Waals surface area contributed by atoms with E-state index in [2.05, 4.69) is 0 Å². The molecule has 1 atom stereocenters. The number of benzene rings is 1. The highest BCUT2D eigenvalue weighted by Gasteiger charge is 2.28. The molecule has 1 fully saturated rings. The Balaban J connectivity index is 1.86. The molecule has 19 heavy (non-hydrogen) atoms. The summed E-state index contributed by atoms with van der Waals surface area (Å²) in [5.41, 5.74) is 0.963. The second-order valence-corrected chi connectivity index (χ2v) is 4.33. The van der Waals surface area contributed by atoms with Crippen LogP contribution in [0.15, 0.2) is 35.9 Å². The lowest BCUT2D eigenvalue weighted by atomic mass is 10.0. The smallest absolute Gasteiger partial charge is 0.410 e. The van der Waals surface area contributed by atoms with Crippen molar-refractivity contribution >= 4 is 12.0 Å². The lowest BCUT2D eigenvalue weighted by Gasteiger charge is -2.28. The molecule has 0 N–H and O–H groups in total. The first-order chi connectivity index (χ1) is 9.20. The zero-order chi connectivity index (χ0) is 13.7. The minimum atomic E-state index is -1.43. The maximum Gasteiger partial charge on any atom is 0.410 e. The molecule has 0 aliphatic carbocycles. The van der Waals surface area contributed by atoms with Crippen LogP contribution >= 0.6 is 0 Å². The van der Waals surface area contributed by atoms with Gasteiger partial charge in [-0.2, -0.15) is 0 Å². The molecule has 1 heterocycles. The third kappa shape index (κ3) is 3.42. The fourth-order valence-corrected chi connectivity index (χ4v) is 1.90. The summed E-state index contributed by atoms with van der Waals surface area (Å²) in [4.78, 5) is 23.4. The highest BCUT2D eigenvalue weighted by molar-refractivity contribution is 5.68. The van der Waals surface area contributed by atoms with Gasteiger partial charge < -0.3 is 9.64 Å². The number of amides is 1. The average Bonchev–Trinajstić information content (AvgIpc) is 2.45. The number of rotatable bonds is 2. The molecule has 1 aromatic rings. The number of hydrogen-bond donors (Lipinski definition) is 0.